The van der Waals surface area contributed by atoms with Gasteiger partial charge in [0.15, 0.2) is 0 Å². The molecule has 11 heteroatoms. The van der Waals surface area contributed by atoms with Gasteiger partial charge >= 0.3 is 29.9 Å². The Labute approximate surface area is 157 Å². The average Bonchev–Trinajstić information content (AvgIpc) is 2.54. The van der Waals surface area contributed by atoms with E-state index in [1.165, 1.54) is 0 Å². The van der Waals surface area contributed by atoms with Gasteiger partial charge in [0.25, 0.3) is 0 Å². The molecule has 2 nitrogen and oxygen atoms in total. The fourth-order valence-electron chi connectivity index (χ4n) is 2.73. The highest BCUT2D eigenvalue weighted by Crippen LogP contribution is 2.55. The summed E-state index contributed by atoms with van der Waals surface area (Å²) in [5.74, 6) is -26.0. The van der Waals surface area contributed by atoms with E-state index in [-0.39, 0.29) is 12.8 Å². The van der Waals surface area contributed by atoms with Crippen LogP contribution >= 0.6 is 0 Å². The monoisotopic (exact) mass is 432 g/mol. The molecule has 28 heavy (non-hydrogen) atoms. The number of hydrogen-bond acceptors (Lipinski definition) is 1. The molecule has 1 unspecified atom stereocenters. The van der Waals surface area contributed by atoms with Gasteiger partial charge in [0, 0.05) is 0 Å². The number of aliphatic carboxylic acids is 1. The van der Waals surface area contributed by atoms with Crippen LogP contribution in [-0.2, 0) is 4.79 Å². The fraction of sp³-hybridized carbons (Fsp3) is 0.941. The maximum Gasteiger partial charge on any atom is 0.460 e. The summed E-state index contributed by atoms with van der Waals surface area (Å²) in [5, 5.41) is 8.72. The number of carboxylic acid groups (broad SMARTS) is 1. The predicted octanol–water partition coefficient (Wildman–Crippen LogP) is 7.08. The van der Waals surface area contributed by atoms with Gasteiger partial charge in [0.2, 0.25) is 0 Å². The van der Waals surface area contributed by atoms with Crippen molar-refractivity contribution in [1.29, 1.82) is 0 Å². The topological polar surface area (TPSA) is 37.3 Å². The van der Waals surface area contributed by atoms with E-state index in [1.54, 1.807) is 0 Å². The van der Waals surface area contributed by atoms with Crippen molar-refractivity contribution in [3.63, 3.8) is 0 Å². The van der Waals surface area contributed by atoms with Crippen molar-refractivity contribution in [2.75, 3.05) is 0 Å². The Bertz CT molecular complexity index is 476. The highest BCUT2D eigenvalue weighted by molar-refractivity contribution is 5.71. The first-order valence-corrected chi connectivity index (χ1v) is 9.07. The van der Waals surface area contributed by atoms with Crippen molar-refractivity contribution in [3.8, 4) is 0 Å². The first-order valence-electron chi connectivity index (χ1n) is 9.07. The Morgan fingerprint density at radius 2 is 1.11 bits per heavy atom. The molecule has 0 aromatic heterocycles. The molecule has 1 atom stereocenters. The number of hydrogen-bond donors (Lipinski definition) is 1. The summed E-state index contributed by atoms with van der Waals surface area (Å²) in [7, 11) is 0. The number of unbranched alkanes of at least 4 members (excludes halogenated alkanes) is 8. The van der Waals surface area contributed by atoms with Gasteiger partial charge < -0.3 is 5.11 Å². The largest absolute Gasteiger partial charge is 0.481 e. The SMILES string of the molecule is CCCCCCCCCCCC(C(=O)O)C(F)(F)C(F)(F)C(F)(F)C(F)(F)F. The summed E-state index contributed by atoms with van der Waals surface area (Å²) < 4.78 is 116. The van der Waals surface area contributed by atoms with Crippen LogP contribution in [0.1, 0.15) is 71.1 Å². The third-order valence-corrected chi connectivity index (χ3v) is 4.50. The van der Waals surface area contributed by atoms with Crippen LogP contribution in [0.15, 0.2) is 0 Å². The molecule has 0 fully saturated rings. The molecule has 0 radical (unpaired) electrons. The molecule has 168 valence electrons. The molecule has 0 aromatic rings. The van der Waals surface area contributed by atoms with Crippen molar-refractivity contribution >= 4 is 5.97 Å². The van der Waals surface area contributed by atoms with Crippen molar-refractivity contribution < 1.29 is 49.4 Å². The van der Waals surface area contributed by atoms with E-state index in [0.29, 0.717) is 12.8 Å². The second kappa shape index (κ2) is 10.6. The summed E-state index contributed by atoms with van der Waals surface area (Å²) in [4.78, 5) is 10.9. The van der Waals surface area contributed by atoms with Crippen LogP contribution in [0, 0.1) is 5.92 Å². The molecular formula is C17H25F9O2. The van der Waals surface area contributed by atoms with Gasteiger partial charge in [-0.25, -0.2) is 0 Å². The summed E-state index contributed by atoms with van der Waals surface area (Å²) >= 11 is 0. The first kappa shape index (κ1) is 26.8. The summed E-state index contributed by atoms with van der Waals surface area (Å²) in [6.07, 6.45) is -2.14. The fourth-order valence-corrected chi connectivity index (χ4v) is 2.73. The van der Waals surface area contributed by atoms with Crippen molar-refractivity contribution in [3.05, 3.63) is 0 Å². The van der Waals surface area contributed by atoms with Crippen molar-refractivity contribution in [2.45, 2.75) is 95.1 Å². The Kier molecular flexibility index (Phi) is 10.1. The molecule has 0 aliphatic rings. The van der Waals surface area contributed by atoms with Crippen molar-refractivity contribution in [1.82, 2.24) is 0 Å². The smallest absolute Gasteiger partial charge is 0.460 e. The van der Waals surface area contributed by atoms with Gasteiger partial charge in [0.1, 0.15) is 5.92 Å². The Morgan fingerprint density at radius 3 is 1.46 bits per heavy atom. The first-order chi connectivity index (χ1) is 12.6. The minimum Gasteiger partial charge on any atom is -0.481 e. The summed E-state index contributed by atoms with van der Waals surface area (Å²) in [5.41, 5.74) is 0. The maximum atomic E-state index is 13.8. The molecule has 0 saturated carbocycles. The lowest BCUT2D eigenvalue weighted by Crippen LogP contribution is -2.64. The minimum absolute atomic E-state index is 0.175. The third-order valence-electron chi connectivity index (χ3n) is 4.50. The van der Waals surface area contributed by atoms with Crippen LogP contribution in [-0.4, -0.2) is 35.0 Å². The molecule has 0 rings (SSSR count). The maximum absolute atomic E-state index is 13.8. The quantitative estimate of drug-likeness (QED) is 0.235. The van der Waals surface area contributed by atoms with Gasteiger partial charge in [-0.1, -0.05) is 64.7 Å². The molecule has 0 bridgehead atoms. The van der Waals surface area contributed by atoms with Crippen molar-refractivity contribution in [2.24, 2.45) is 5.92 Å². The van der Waals surface area contributed by atoms with E-state index in [9.17, 15) is 44.3 Å². The zero-order valence-corrected chi connectivity index (χ0v) is 15.4. The highest BCUT2D eigenvalue weighted by atomic mass is 19.4. The molecule has 1 N–H and O–H groups in total. The van der Waals surface area contributed by atoms with Gasteiger partial charge in [-0.05, 0) is 6.42 Å². The minimum atomic E-state index is -7.07. The normalized spacial score (nSPS) is 14.9. The van der Waals surface area contributed by atoms with Crippen LogP contribution in [0.4, 0.5) is 39.5 Å². The van der Waals surface area contributed by atoms with Crippen LogP contribution in [0.2, 0.25) is 0 Å². The Morgan fingerprint density at radius 1 is 0.714 bits per heavy atom. The van der Waals surface area contributed by atoms with E-state index < -0.39 is 42.3 Å². The van der Waals surface area contributed by atoms with E-state index in [0.717, 1.165) is 32.1 Å². The van der Waals surface area contributed by atoms with Crippen LogP contribution in [0.5, 0.6) is 0 Å². The third kappa shape index (κ3) is 6.43. The highest BCUT2D eigenvalue weighted by Gasteiger charge is 2.83. The number of carbonyl (C=O) groups is 1. The second-order valence-corrected chi connectivity index (χ2v) is 6.78. The van der Waals surface area contributed by atoms with Crippen LogP contribution in [0.25, 0.3) is 0 Å². The molecule has 0 heterocycles. The zero-order valence-electron chi connectivity index (χ0n) is 15.4. The van der Waals surface area contributed by atoms with E-state index >= 15 is 0 Å². The lowest BCUT2D eigenvalue weighted by molar-refractivity contribution is -0.401. The predicted molar refractivity (Wildman–Crippen MR) is 83.9 cm³/mol. The van der Waals surface area contributed by atoms with E-state index in [1.807, 2.05) is 6.92 Å². The number of halogens is 9. The lowest BCUT2D eigenvalue weighted by atomic mass is 9.87. The number of carboxylic acids is 1. The molecule has 0 aliphatic carbocycles. The Hall–Kier alpha value is -1.16. The van der Waals surface area contributed by atoms with Crippen LogP contribution < -0.4 is 0 Å². The van der Waals surface area contributed by atoms with E-state index in [2.05, 4.69) is 0 Å². The van der Waals surface area contributed by atoms with E-state index in [4.69, 9.17) is 5.11 Å². The number of rotatable bonds is 14. The lowest BCUT2D eigenvalue weighted by Gasteiger charge is -2.36. The molecule has 0 aliphatic heterocycles. The number of alkyl halides is 9. The Balaban J connectivity index is 4.87. The molecular weight excluding hydrogens is 407 g/mol. The molecule has 0 aromatic carbocycles. The summed E-state index contributed by atoms with van der Waals surface area (Å²) in [6.45, 7) is 2.03. The average molecular weight is 432 g/mol. The second-order valence-electron chi connectivity index (χ2n) is 6.78. The van der Waals surface area contributed by atoms with Crippen LogP contribution in [0.3, 0.4) is 0 Å². The van der Waals surface area contributed by atoms with Gasteiger partial charge in [-0.15, -0.1) is 0 Å². The molecule has 0 spiro atoms. The van der Waals surface area contributed by atoms with Gasteiger partial charge in [0.05, 0.1) is 0 Å². The van der Waals surface area contributed by atoms with Gasteiger partial charge in [-0.3, -0.25) is 4.79 Å². The molecule has 0 saturated heterocycles. The van der Waals surface area contributed by atoms with Gasteiger partial charge in [-0.2, -0.15) is 39.5 Å². The summed E-state index contributed by atoms with van der Waals surface area (Å²) in [6, 6.07) is 0. The zero-order chi connectivity index (χ0) is 22.2. The standard InChI is InChI=1S/C17H25F9O2/c1-2-3-4-5-6-7-8-9-10-11-12(13(27)28)14(18,19)15(20,21)16(22,23)17(24,25)26/h12H,2-11H2,1H3,(H,27,28). The molecule has 0 amide bonds.